The van der Waals surface area contributed by atoms with Crippen molar-refractivity contribution in [3.63, 3.8) is 0 Å². The molecule has 31 heavy (non-hydrogen) atoms. The molecule has 0 radical (unpaired) electrons. The van der Waals surface area contributed by atoms with E-state index >= 15 is 0 Å². The molecule has 1 heterocycles. The van der Waals surface area contributed by atoms with Gasteiger partial charge in [-0.1, -0.05) is 46.7 Å². The van der Waals surface area contributed by atoms with E-state index in [4.69, 9.17) is 11.6 Å². The lowest BCUT2D eigenvalue weighted by Gasteiger charge is -2.22. The van der Waals surface area contributed by atoms with Gasteiger partial charge in [-0.15, -0.1) is 12.4 Å². The second-order valence-corrected chi connectivity index (χ2v) is 10.8. The lowest BCUT2D eigenvalue weighted by Crippen LogP contribution is -2.37. The van der Waals surface area contributed by atoms with Gasteiger partial charge in [0.25, 0.3) is 0 Å². The monoisotopic (exact) mass is 501 g/mol. The van der Waals surface area contributed by atoms with Gasteiger partial charge < -0.3 is 4.90 Å². The first-order valence-corrected chi connectivity index (χ1v) is 12.3. The zero-order valence-corrected chi connectivity index (χ0v) is 20.7. The Kier molecular flexibility index (Phi) is 8.85. The fourth-order valence-corrected chi connectivity index (χ4v) is 5.40. The summed E-state index contributed by atoms with van der Waals surface area (Å²) in [6, 6.07) is 12.2. The number of nitrogens with zero attached hydrogens (tertiary/aromatic N) is 3. The minimum atomic E-state index is -3.55. The minimum absolute atomic E-state index is 0. The average Bonchev–Trinajstić information content (AvgIpc) is 3.12. The van der Waals surface area contributed by atoms with E-state index in [1.165, 1.54) is 11.3 Å². The molecule has 0 saturated heterocycles. The second kappa shape index (κ2) is 10.7. The number of anilines is 1. The van der Waals surface area contributed by atoms with E-state index in [2.05, 4.69) is 4.98 Å². The summed E-state index contributed by atoms with van der Waals surface area (Å²) in [5, 5.41) is 1.05. The Morgan fingerprint density at radius 1 is 1.10 bits per heavy atom. The maximum atomic E-state index is 13.0. The lowest BCUT2D eigenvalue weighted by atomic mass is 10.2. The van der Waals surface area contributed by atoms with Crippen LogP contribution in [-0.4, -0.2) is 57.1 Å². The van der Waals surface area contributed by atoms with Crippen LogP contribution in [0.2, 0.25) is 5.02 Å². The van der Waals surface area contributed by atoms with E-state index < -0.39 is 9.84 Å². The average molecular weight is 502 g/mol. The Morgan fingerprint density at radius 2 is 1.77 bits per heavy atom. The fourth-order valence-electron chi connectivity index (χ4n) is 2.87. The zero-order valence-electron chi connectivity index (χ0n) is 17.5. The van der Waals surface area contributed by atoms with Crippen molar-refractivity contribution < 1.29 is 13.2 Å². The van der Waals surface area contributed by atoms with Crippen LogP contribution in [0.15, 0.2) is 47.4 Å². The van der Waals surface area contributed by atoms with Gasteiger partial charge >= 0.3 is 0 Å². The minimum Gasteiger partial charge on any atom is -0.308 e. The molecule has 0 fully saturated rings. The highest BCUT2D eigenvalue weighted by atomic mass is 35.5. The van der Waals surface area contributed by atoms with Gasteiger partial charge in [0.05, 0.1) is 20.4 Å². The number of aromatic nitrogens is 1. The first kappa shape index (κ1) is 25.5. The summed E-state index contributed by atoms with van der Waals surface area (Å²) in [6.45, 7) is 2.93. The summed E-state index contributed by atoms with van der Waals surface area (Å²) >= 11 is 7.61. The van der Waals surface area contributed by atoms with Crippen LogP contribution in [0.5, 0.6) is 0 Å². The first-order valence-electron chi connectivity index (χ1n) is 9.47. The maximum absolute atomic E-state index is 13.0. The van der Waals surface area contributed by atoms with Gasteiger partial charge in [0.2, 0.25) is 5.91 Å². The van der Waals surface area contributed by atoms with Crippen LogP contribution in [0.4, 0.5) is 5.13 Å². The van der Waals surface area contributed by atoms with Crippen LogP contribution in [0.3, 0.4) is 0 Å². The van der Waals surface area contributed by atoms with Gasteiger partial charge in [0, 0.05) is 19.5 Å². The summed E-state index contributed by atoms with van der Waals surface area (Å²) in [5.41, 5.74) is 1.63. The Labute approximate surface area is 198 Å². The number of sulfone groups is 1. The molecule has 0 bridgehead atoms. The molecule has 0 unspecified atom stereocenters. The van der Waals surface area contributed by atoms with Crippen molar-refractivity contribution in [3.05, 3.63) is 53.1 Å². The smallest absolute Gasteiger partial charge is 0.229 e. The number of halogens is 2. The second-order valence-electron chi connectivity index (χ2n) is 7.31. The van der Waals surface area contributed by atoms with Crippen molar-refractivity contribution in [2.24, 2.45) is 0 Å². The summed E-state index contributed by atoms with van der Waals surface area (Å²) in [5.74, 6) is -0.526. The number of likely N-dealkylation sites (N-methyl/N-ethyl adjacent to an activating group) is 1. The molecule has 1 aromatic heterocycles. The van der Waals surface area contributed by atoms with E-state index in [0.29, 0.717) is 28.8 Å². The van der Waals surface area contributed by atoms with Crippen molar-refractivity contribution in [1.82, 2.24) is 9.88 Å². The Balaban J connectivity index is 0.00000341. The number of amides is 1. The Hall–Kier alpha value is -1.71. The number of hydrogen-bond donors (Lipinski definition) is 0. The Bertz CT molecular complexity index is 1150. The third-order valence-electron chi connectivity index (χ3n) is 4.63. The van der Waals surface area contributed by atoms with E-state index in [1.807, 2.05) is 38.1 Å². The topological polar surface area (TPSA) is 70.6 Å². The summed E-state index contributed by atoms with van der Waals surface area (Å²) in [6.07, 6.45) is -0.118. The fraction of sp³-hybridized carbons (Fsp3) is 0.333. The summed E-state index contributed by atoms with van der Waals surface area (Å²) in [7, 11) is 0.286. The molecule has 10 heteroatoms. The molecule has 6 nitrogen and oxygen atoms in total. The van der Waals surface area contributed by atoms with Gasteiger partial charge in [-0.3, -0.25) is 9.69 Å². The predicted molar refractivity (Wildman–Crippen MR) is 131 cm³/mol. The predicted octanol–water partition coefficient (Wildman–Crippen LogP) is 4.44. The number of para-hydroxylation sites is 1. The number of carbonyl (C=O) groups is 1. The van der Waals surface area contributed by atoms with Crippen molar-refractivity contribution in [3.8, 4) is 0 Å². The van der Waals surface area contributed by atoms with Gasteiger partial charge in [-0.25, -0.2) is 13.4 Å². The van der Waals surface area contributed by atoms with Crippen molar-refractivity contribution in [2.75, 3.05) is 37.8 Å². The normalized spacial score (nSPS) is 11.5. The molecule has 0 atom stereocenters. The van der Waals surface area contributed by atoms with Crippen LogP contribution >= 0.6 is 35.3 Å². The highest BCUT2D eigenvalue weighted by molar-refractivity contribution is 7.91. The van der Waals surface area contributed by atoms with Crippen LogP contribution in [0, 0.1) is 6.92 Å². The molecular weight excluding hydrogens is 477 g/mol. The molecule has 168 valence electrons. The van der Waals surface area contributed by atoms with Crippen molar-refractivity contribution >= 4 is 66.4 Å². The first-order chi connectivity index (χ1) is 14.2. The third kappa shape index (κ3) is 6.40. The van der Waals surface area contributed by atoms with Crippen molar-refractivity contribution in [1.29, 1.82) is 0 Å². The van der Waals surface area contributed by atoms with Crippen LogP contribution < -0.4 is 4.90 Å². The van der Waals surface area contributed by atoms with E-state index in [9.17, 15) is 13.2 Å². The van der Waals surface area contributed by atoms with Gasteiger partial charge in [-0.05, 0) is 45.3 Å². The number of hydrogen-bond acceptors (Lipinski definition) is 6. The van der Waals surface area contributed by atoms with Crippen LogP contribution in [0.25, 0.3) is 10.2 Å². The molecule has 0 aliphatic heterocycles. The largest absolute Gasteiger partial charge is 0.308 e. The number of fused-ring (bicyclic) bond motifs is 1. The lowest BCUT2D eigenvalue weighted by molar-refractivity contribution is -0.118. The number of carbonyl (C=O) groups excluding carboxylic acids is 1. The molecule has 0 spiro atoms. The third-order valence-corrected chi connectivity index (χ3v) is 7.71. The number of thiazole rings is 1. The van der Waals surface area contributed by atoms with Crippen LogP contribution in [-0.2, 0) is 14.6 Å². The van der Waals surface area contributed by atoms with Crippen LogP contribution in [0.1, 0.15) is 12.0 Å². The molecule has 3 rings (SSSR count). The zero-order chi connectivity index (χ0) is 21.9. The SMILES string of the molecule is Cc1ccc(S(=O)(=O)CCC(=O)N(CCN(C)C)c2nc3c(Cl)cccc3s2)cc1.Cl. The quantitative estimate of drug-likeness (QED) is 0.456. The summed E-state index contributed by atoms with van der Waals surface area (Å²) < 4.78 is 26.2. The highest BCUT2D eigenvalue weighted by Crippen LogP contribution is 2.33. The number of aryl methyl sites for hydroxylation is 1. The number of rotatable bonds is 8. The number of benzene rings is 2. The molecule has 0 saturated carbocycles. The van der Waals surface area contributed by atoms with Gasteiger partial charge in [-0.2, -0.15) is 0 Å². The highest BCUT2D eigenvalue weighted by Gasteiger charge is 2.23. The molecule has 0 aliphatic carbocycles. The van der Waals surface area contributed by atoms with Gasteiger partial charge in [0.1, 0.15) is 5.52 Å². The standard InChI is InChI=1S/C21H24ClN3O3S2.ClH/c1-15-7-9-16(10-8-15)30(27,28)14-11-19(26)25(13-12-24(2)3)21-23-20-17(22)5-4-6-18(20)29-21;/h4-10H,11-14H2,1-3H3;1H. The maximum Gasteiger partial charge on any atom is 0.229 e. The molecule has 2 aromatic carbocycles. The molecular formula is C21H25Cl2N3O3S2. The summed E-state index contributed by atoms with van der Waals surface area (Å²) in [4.78, 5) is 21.3. The molecule has 0 N–H and O–H groups in total. The molecule has 0 aliphatic rings. The molecule has 3 aromatic rings. The molecule has 1 amide bonds. The van der Waals surface area contributed by atoms with E-state index in [1.54, 1.807) is 35.2 Å². The van der Waals surface area contributed by atoms with E-state index in [-0.39, 0.29) is 35.4 Å². The van der Waals surface area contributed by atoms with E-state index in [0.717, 1.165) is 10.3 Å². The Morgan fingerprint density at radius 3 is 2.39 bits per heavy atom. The van der Waals surface area contributed by atoms with Gasteiger partial charge in [0.15, 0.2) is 15.0 Å². The van der Waals surface area contributed by atoms with Crippen molar-refractivity contribution in [2.45, 2.75) is 18.2 Å².